The van der Waals surface area contributed by atoms with Crippen molar-refractivity contribution in [3.63, 3.8) is 0 Å². The van der Waals surface area contributed by atoms with E-state index < -0.39 is 11.0 Å². The predicted molar refractivity (Wildman–Crippen MR) is 95.7 cm³/mol. The lowest BCUT2D eigenvalue weighted by Gasteiger charge is -2.33. The summed E-state index contributed by atoms with van der Waals surface area (Å²) in [7, 11) is 0. The van der Waals surface area contributed by atoms with Crippen LogP contribution >= 0.6 is 0 Å². The van der Waals surface area contributed by atoms with Gasteiger partial charge in [-0.3, -0.25) is 4.79 Å². The molecule has 26 heavy (non-hydrogen) atoms. The number of carbonyl (C=O) groups excluding carboxylic acids is 1. The summed E-state index contributed by atoms with van der Waals surface area (Å²) in [4.78, 5) is 29.1. The number of rotatable bonds is 5. The van der Waals surface area contributed by atoms with Gasteiger partial charge < -0.3 is 19.8 Å². The summed E-state index contributed by atoms with van der Waals surface area (Å²) in [5.41, 5.74) is 2.38. The Bertz CT molecular complexity index is 822. The second kappa shape index (κ2) is 7.51. The topological polar surface area (TPSA) is 85.6 Å². The zero-order chi connectivity index (χ0) is 18.7. The Kier molecular flexibility index (Phi) is 5.16. The van der Waals surface area contributed by atoms with Crippen LogP contribution in [0.25, 0.3) is 0 Å². The van der Waals surface area contributed by atoms with Crippen molar-refractivity contribution in [2.75, 3.05) is 6.54 Å². The second-order valence-corrected chi connectivity index (χ2v) is 6.64. The van der Waals surface area contributed by atoms with Crippen molar-refractivity contribution in [2.45, 2.75) is 32.9 Å². The predicted octanol–water partition coefficient (Wildman–Crippen LogP) is 2.98. The van der Waals surface area contributed by atoms with Gasteiger partial charge in [-0.25, -0.2) is 0 Å². The molecule has 7 nitrogen and oxygen atoms in total. The van der Waals surface area contributed by atoms with Crippen molar-refractivity contribution in [1.82, 2.24) is 9.88 Å². The van der Waals surface area contributed by atoms with Gasteiger partial charge in [-0.2, -0.15) is 0 Å². The summed E-state index contributed by atoms with van der Waals surface area (Å²) in [6, 6.07) is 11.1. The van der Waals surface area contributed by atoms with E-state index in [1.165, 1.54) is 17.8 Å². The van der Waals surface area contributed by atoms with Gasteiger partial charge >= 0.3 is 5.82 Å². The van der Waals surface area contributed by atoms with Crippen LogP contribution in [0.3, 0.4) is 0 Å². The fourth-order valence-corrected chi connectivity index (χ4v) is 3.08. The smallest absolute Gasteiger partial charge is 0.406 e. The molecule has 136 valence electrons. The number of benzene rings is 1. The molecule has 0 spiro atoms. The summed E-state index contributed by atoms with van der Waals surface area (Å²) in [5, 5.41) is 11.1. The molecule has 1 aliphatic rings. The first kappa shape index (κ1) is 17.8. The number of nitrogens with zero attached hydrogens (tertiary/aromatic N) is 3. The lowest BCUT2D eigenvalue weighted by molar-refractivity contribution is -0.390. The summed E-state index contributed by atoms with van der Waals surface area (Å²) in [6.45, 7) is 4.86. The van der Waals surface area contributed by atoms with Crippen LogP contribution < -0.4 is 4.74 Å². The van der Waals surface area contributed by atoms with Crippen molar-refractivity contribution >= 4 is 11.7 Å². The minimum Gasteiger partial charge on any atom is -0.472 e. The molecule has 1 amide bonds. The molecule has 0 bridgehead atoms. The maximum atomic E-state index is 13.0. The van der Waals surface area contributed by atoms with Crippen LogP contribution in [0.2, 0.25) is 0 Å². The fourth-order valence-electron chi connectivity index (χ4n) is 3.08. The summed E-state index contributed by atoms with van der Waals surface area (Å²) in [5.74, 6) is -0.663. The van der Waals surface area contributed by atoms with E-state index in [1.54, 1.807) is 11.0 Å². The van der Waals surface area contributed by atoms with E-state index in [-0.39, 0.29) is 23.4 Å². The molecule has 0 radical (unpaired) electrons. The zero-order valence-electron chi connectivity index (χ0n) is 14.8. The highest BCUT2D eigenvalue weighted by Crippen LogP contribution is 2.27. The van der Waals surface area contributed by atoms with Crippen molar-refractivity contribution < 1.29 is 14.5 Å². The number of hydrogen-bond acceptors (Lipinski definition) is 5. The van der Waals surface area contributed by atoms with Crippen LogP contribution in [-0.2, 0) is 17.8 Å². The van der Waals surface area contributed by atoms with Crippen LogP contribution in [0.15, 0.2) is 42.6 Å². The van der Waals surface area contributed by atoms with Crippen LogP contribution in [0.4, 0.5) is 5.82 Å². The van der Waals surface area contributed by atoms with E-state index in [1.807, 2.05) is 32.0 Å². The molecule has 0 N–H and O–H groups in total. The monoisotopic (exact) mass is 355 g/mol. The summed E-state index contributed by atoms with van der Waals surface area (Å²) >= 11 is 0. The maximum Gasteiger partial charge on any atom is 0.406 e. The number of carbonyl (C=O) groups is 1. The number of amides is 1. The molecule has 1 aromatic heterocycles. The molecule has 2 heterocycles. The van der Waals surface area contributed by atoms with Gasteiger partial charge in [0.05, 0.1) is 0 Å². The number of aromatic nitrogens is 1. The minimum atomic E-state index is -0.803. The van der Waals surface area contributed by atoms with E-state index in [2.05, 4.69) is 11.1 Å². The zero-order valence-corrected chi connectivity index (χ0v) is 14.8. The SMILES string of the molecule is CC(C)C(Oc1cccnc1[N+](=O)[O-])C(=O)N1CCc2ccccc2C1. The maximum absolute atomic E-state index is 13.0. The Balaban J connectivity index is 1.81. The Hall–Kier alpha value is -2.96. The normalized spacial score (nSPS) is 14.7. The first-order valence-electron chi connectivity index (χ1n) is 8.59. The number of hydrogen-bond donors (Lipinski definition) is 0. The second-order valence-electron chi connectivity index (χ2n) is 6.64. The van der Waals surface area contributed by atoms with Gasteiger partial charge in [0.15, 0.2) is 6.10 Å². The molecule has 0 fully saturated rings. The fraction of sp³-hybridized carbons (Fsp3) is 0.368. The largest absolute Gasteiger partial charge is 0.472 e. The third-order valence-electron chi connectivity index (χ3n) is 4.47. The molecule has 0 saturated carbocycles. The van der Waals surface area contributed by atoms with Crippen LogP contribution in [-0.4, -0.2) is 33.4 Å². The molecule has 1 atom stereocenters. The third-order valence-corrected chi connectivity index (χ3v) is 4.47. The van der Waals surface area contributed by atoms with Gasteiger partial charge in [0.1, 0.15) is 6.20 Å². The average molecular weight is 355 g/mol. The van der Waals surface area contributed by atoms with Crippen LogP contribution in [0.1, 0.15) is 25.0 Å². The lowest BCUT2D eigenvalue weighted by Crippen LogP contribution is -2.46. The summed E-state index contributed by atoms with van der Waals surface area (Å²) in [6.07, 6.45) is 1.32. The number of ether oxygens (including phenoxy) is 1. The van der Waals surface area contributed by atoms with Crippen LogP contribution in [0, 0.1) is 16.0 Å². The van der Waals surface area contributed by atoms with Gasteiger partial charge in [-0.05, 0) is 45.5 Å². The molecule has 1 aromatic carbocycles. The average Bonchev–Trinajstić information content (AvgIpc) is 2.65. The quantitative estimate of drug-likeness (QED) is 0.608. The molecule has 1 aliphatic heterocycles. The minimum absolute atomic E-state index is 0.0157. The first-order chi connectivity index (χ1) is 12.5. The van der Waals surface area contributed by atoms with Crippen molar-refractivity contribution in [1.29, 1.82) is 0 Å². The van der Waals surface area contributed by atoms with Crippen molar-refractivity contribution in [3.05, 3.63) is 63.8 Å². The number of nitro groups is 1. The van der Waals surface area contributed by atoms with Gasteiger partial charge in [-0.1, -0.05) is 38.1 Å². The molecule has 0 saturated heterocycles. The van der Waals surface area contributed by atoms with E-state index in [4.69, 9.17) is 4.74 Å². The third kappa shape index (κ3) is 3.66. The van der Waals surface area contributed by atoms with Gasteiger partial charge in [0.2, 0.25) is 5.75 Å². The van der Waals surface area contributed by atoms with Crippen LogP contribution in [0.5, 0.6) is 5.75 Å². The van der Waals surface area contributed by atoms with Gasteiger partial charge in [-0.15, -0.1) is 0 Å². The highest BCUT2D eigenvalue weighted by molar-refractivity contribution is 5.82. The molecule has 2 aromatic rings. The Labute approximate surface area is 151 Å². The van der Waals surface area contributed by atoms with E-state index in [9.17, 15) is 14.9 Å². The van der Waals surface area contributed by atoms with Crippen molar-refractivity contribution in [3.8, 4) is 5.75 Å². The standard InChI is InChI=1S/C19H21N3O4/c1-13(2)17(26-16-8-5-10-20-18(16)22(24)25)19(23)21-11-9-14-6-3-4-7-15(14)12-21/h3-8,10,13,17H,9,11-12H2,1-2H3. The van der Waals surface area contributed by atoms with E-state index in [0.29, 0.717) is 13.1 Å². The van der Waals surface area contributed by atoms with E-state index >= 15 is 0 Å². The lowest BCUT2D eigenvalue weighted by atomic mass is 9.98. The highest BCUT2D eigenvalue weighted by Gasteiger charge is 2.32. The Morgan fingerprint density at radius 1 is 1.23 bits per heavy atom. The molecule has 1 unspecified atom stereocenters. The van der Waals surface area contributed by atoms with Gasteiger partial charge in [0, 0.05) is 13.1 Å². The molecule has 0 aliphatic carbocycles. The Morgan fingerprint density at radius 2 is 1.96 bits per heavy atom. The number of fused-ring (bicyclic) bond motifs is 1. The summed E-state index contributed by atoms with van der Waals surface area (Å²) < 4.78 is 5.78. The Morgan fingerprint density at radius 3 is 2.65 bits per heavy atom. The highest BCUT2D eigenvalue weighted by atomic mass is 16.6. The molecular formula is C19H21N3O4. The molecule has 3 rings (SSSR count). The molecular weight excluding hydrogens is 334 g/mol. The van der Waals surface area contributed by atoms with E-state index in [0.717, 1.165) is 12.0 Å². The molecule has 7 heteroatoms. The van der Waals surface area contributed by atoms with Gasteiger partial charge in [0.25, 0.3) is 5.91 Å². The number of pyridine rings is 1. The van der Waals surface area contributed by atoms with Crippen molar-refractivity contribution in [2.24, 2.45) is 5.92 Å². The first-order valence-corrected chi connectivity index (χ1v) is 8.59.